The van der Waals surface area contributed by atoms with Crippen molar-refractivity contribution in [3.8, 4) is 5.75 Å². The third-order valence-corrected chi connectivity index (χ3v) is 8.23. The van der Waals surface area contributed by atoms with Gasteiger partial charge in [-0.1, -0.05) is 12.1 Å². The summed E-state index contributed by atoms with van der Waals surface area (Å²) in [4.78, 5) is 26.8. The molecule has 4 rings (SSSR count). The zero-order chi connectivity index (χ0) is 22.9. The number of methoxy groups -OCH3 is 1. The van der Waals surface area contributed by atoms with Crippen molar-refractivity contribution in [1.29, 1.82) is 0 Å². The van der Waals surface area contributed by atoms with Crippen molar-refractivity contribution in [1.82, 2.24) is 5.32 Å². The molecule has 2 aromatic carbocycles. The standard InChI is InChI=1S/C24H28N2O5S/c1-16(12-23(27)25-15-17-4-3-5-20(13-17)31-2)32(29,30)21-8-9-22-19(14-21)10-11-26(22)24(28)18-6-7-18/h3-5,8-9,13-14,16,18H,6-7,10-12,15H2,1-2H3,(H,25,27). The first-order chi connectivity index (χ1) is 15.3. The number of hydrogen-bond donors (Lipinski definition) is 1. The van der Waals surface area contributed by atoms with Gasteiger partial charge in [-0.25, -0.2) is 8.42 Å². The maximum Gasteiger partial charge on any atom is 0.230 e. The summed E-state index contributed by atoms with van der Waals surface area (Å²) in [5.74, 6) is 0.633. The lowest BCUT2D eigenvalue weighted by Crippen LogP contribution is -2.30. The summed E-state index contributed by atoms with van der Waals surface area (Å²) in [6.45, 7) is 2.44. The molecular formula is C24H28N2O5S. The zero-order valence-electron chi connectivity index (χ0n) is 18.3. The predicted octanol–water partition coefficient (Wildman–Crippen LogP) is 2.86. The van der Waals surface area contributed by atoms with Crippen LogP contribution in [-0.4, -0.2) is 39.1 Å². The summed E-state index contributed by atoms with van der Waals surface area (Å²) in [5, 5.41) is 1.91. The lowest BCUT2D eigenvalue weighted by atomic mass is 10.2. The number of rotatable bonds is 8. The molecule has 7 nitrogen and oxygen atoms in total. The number of anilines is 1. The fourth-order valence-corrected chi connectivity index (χ4v) is 5.39. The van der Waals surface area contributed by atoms with E-state index in [-0.39, 0.29) is 29.0 Å². The van der Waals surface area contributed by atoms with E-state index in [1.54, 1.807) is 37.1 Å². The Kier molecular flexibility index (Phi) is 6.24. The van der Waals surface area contributed by atoms with Crippen LogP contribution in [0.1, 0.15) is 37.3 Å². The maximum absolute atomic E-state index is 13.1. The number of benzene rings is 2. The largest absolute Gasteiger partial charge is 0.497 e. The van der Waals surface area contributed by atoms with Gasteiger partial charge in [-0.05, 0) is 67.6 Å². The van der Waals surface area contributed by atoms with Gasteiger partial charge in [0.15, 0.2) is 9.84 Å². The molecule has 0 bridgehead atoms. The van der Waals surface area contributed by atoms with Crippen molar-refractivity contribution in [3.63, 3.8) is 0 Å². The zero-order valence-corrected chi connectivity index (χ0v) is 19.2. The van der Waals surface area contributed by atoms with Gasteiger partial charge in [-0.15, -0.1) is 0 Å². The van der Waals surface area contributed by atoms with Gasteiger partial charge in [-0.3, -0.25) is 9.59 Å². The van der Waals surface area contributed by atoms with Crippen molar-refractivity contribution in [2.45, 2.75) is 49.3 Å². The SMILES string of the molecule is COc1cccc(CNC(=O)CC(C)S(=O)(=O)c2ccc3c(c2)CCN3C(=O)C2CC2)c1. The molecule has 1 aliphatic heterocycles. The number of fused-ring (bicyclic) bond motifs is 1. The second-order valence-corrected chi connectivity index (χ2v) is 10.9. The Morgan fingerprint density at radius 2 is 1.97 bits per heavy atom. The topological polar surface area (TPSA) is 92.8 Å². The Balaban J connectivity index is 1.39. The molecule has 2 aromatic rings. The van der Waals surface area contributed by atoms with Crippen LogP contribution in [0, 0.1) is 5.92 Å². The van der Waals surface area contributed by atoms with Crippen LogP contribution in [0.2, 0.25) is 0 Å². The highest BCUT2D eigenvalue weighted by Crippen LogP contribution is 2.37. The number of carbonyl (C=O) groups is 2. The molecule has 0 radical (unpaired) electrons. The Bertz CT molecular complexity index is 1140. The molecule has 32 heavy (non-hydrogen) atoms. The van der Waals surface area contributed by atoms with Crippen LogP contribution < -0.4 is 15.0 Å². The average molecular weight is 457 g/mol. The minimum Gasteiger partial charge on any atom is -0.497 e. The highest BCUT2D eigenvalue weighted by Gasteiger charge is 2.37. The second kappa shape index (κ2) is 8.94. The molecule has 2 amide bonds. The average Bonchev–Trinajstić information content (AvgIpc) is 3.56. The maximum atomic E-state index is 13.1. The van der Waals surface area contributed by atoms with E-state index in [2.05, 4.69) is 5.32 Å². The lowest BCUT2D eigenvalue weighted by Gasteiger charge is -2.18. The molecule has 2 aliphatic rings. The quantitative estimate of drug-likeness (QED) is 0.659. The molecule has 1 saturated carbocycles. The normalized spacial score (nSPS) is 16.4. The first kappa shape index (κ1) is 22.3. The smallest absolute Gasteiger partial charge is 0.230 e. The molecule has 1 N–H and O–H groups in total. The third kappa shape index (κ3) is 4.65. The van der Waals surface area contributed by atoms with Crippen LogP contribution in [0.15, 0.2) is 47.4 Å². The molecule has 0 spiro atoms. The molecule has 1 fully saturated rings. The van der Waals surface area contributed by atoms with Gasteiger partial charge < -0.3 is 15.0 Å². The molecule has 1 heterocycles. The minimum atomic E-state index is -3.68. The van der Waals surface area contributed by atoms with E-state index in [1.165, 1.54) is 0 Å². The first-order valence-electron chi connectivity index (χ1n) is 10.9. The highest BCUT2D eigenvalue weighted by atomic mass is 32.2. The Morgan fingerprint density at radius 3 is 2.69 bits per heavy atom. The molecule has 1 aliphatic carbocycles. The van der Waals surface area contributed by atoms with E-state index >= 15 is 0 Å². The van der Waals surface area contributed by atoms with Gasteiger partial charge in [0.05, 0.1) is 17.3 Å². The molecule has 1 atom stereocenters. The van der Waals surface area contributed by atoms with Crippen LogP contribution in [0.4, 0.5) is 5.69 Å². The molecule has 170 valence electrons. The van der Waals surface area contributed by atoms with Gasteiger partial charge >= 0.3 is 0 Å². The number of hydrogen-bond acceptors (Lipinski definition) is 5. The Morgan fingerprint density at radius 1 is 1.19 bits per heavy atom. The van der Waals surface area contributed by atoms with Crippen LogP contribution in [0.5, 0.6) is 5.75 Å². The number of carbonyl (C=O) groups excluding carboxylic acids is 2. The summed E-state index contributed by atoms with van der Waals surface area (Å²) < 4.78 is 31.3. The third-order valence-electron chi connectivity index (χ3n) is 6.09. The summed E-state index contributed by atoms with van der Waals surface area (Å²) in [7, 11) is -2.10. The van der Waals surface area contributed by atoms with Gasteiger partial charge in [-0.2, -0.15) is 0 Å². The molecule has 0 saturated heterocycles. The van der Waals surface area contributed by atoms with E-state index in [1.807, 2.05) is 24.3 Å². The van der Waals surface area contributed by atoms with E-state index in [0.717, 1.165) is 29.7 Å². The van der Waals surface area contributed by atoms with Crippen LogP contribution >= 0.6 is 0 Å². The monoisotopic (exact) mass is 456 g/mol. The summed E-state index contributed by atoms with van der Waals surface area (Å²) in [6, 6.07) is 12.3. The highest BCUT2D eigenvalue weighted by molar-refractivity contribution is 7.92. The summed E-state index contributed by atoms with van der Waals surface area (Å²) in [5.41, 5.74) is 2.55. The number of nitrogens with one attached hydrogen (secondary N) is 1. The van der Waals surface area contributed by atoms with Crippen LogP contribution in [0.25, 0.3) is 0 Å². The Hall–Kier alpha value is -2.87. The molecule has 1 unspecified atom stereocenters. The van der Waals surface area contributed by atoms with E-state index in [9.17, 15) is 18.0 Å². The van der Waals surface area contributed by atoms with E-state index in [0.29, 0.717) is 25.3 Å². The number of ether oxygens (including phenoxy) is 1. The Labute approximate surface area is 188 Å². The van der Waals surface area contributed by atoms with Crippen molar-refractivity contribution < 1.29 is 22.7 Å². The van der Waals surface area contributed by atoms with Crippen molar-refractivity contribution in [3.05, 3.63) is 53.6 Å². The van der Waals surface area contributed by atoms with Gasteiger partial charge in [0.2, 0.25) is 11.8 Å². The predicted molar refractivity (Wildman–Crippen MR) is 121 cm³/mol. The number of amides is 2. The van der Waals surface area contributed by atoms with Gasteiger partial charge in [0.1, 0.15) is 5.75 Å². The molecule has 8 heteroatoms. The second-order valence-electron chi connectivity index (χ2n) is 8.49. The van der Waals surface area contributed by atoms with E-state index in [4.69, 9.17) is 4.74 Å². The minimum absolute atomic E-state index is 0.125. The van der Waals surface area contributed by atoms with Crippen molar-refractivity contribution in [2.75, 3.05) is 18.6 Å². The van der Waals surface area contributed by atoms with Crippen LogP contribution in [0.3, 0.4) is 0 Å². The van der Waals surface area contributed by atoms with Gasteiger partial charge in [0.25, 0.3) is 0 Å². The fraction of sp³-hybridized carbons (Fsp3) is 0.417. The van der Waals surface area contributed by atoms with Crippen molar-refractivity contribution >= 4 is 27.3 Å². The first-order valence-corrected chi connectivity index (χ1v) is 12.4. The molecular weight excluding hydrogens is 428 g/mol. The van der Waals surface area contributed by atoms with Crippen LogP contribution in [-0.2, 0) is 32.4 Å². The number of nitrogens with zero attached hydrogens (tertiary/aromatic N) is 1. The van der Waals surface area contributed by atoms with Gasteiger partial charge in [0, 0.05) is 31.1 Å². The summed E-state index contributed by atoms with van der Waals surface area (Å²) >= 11 is 0. The van der Waals surface area contributed by atoms with Crippen molar-refractivity contribution in [2.24, 2.45) is 5.92 Å². The lowest BCUT2D eigenvalue weighted by molar-refractivity contribution is -0.121. The summed E-state index contributed by atoms with van der Waals surface area (Å²) in [6.07, 6.45) is 2.39. The fourth-order valence-electron chi connectivity index (χ4n) is 3.99. The number of sulfone groups is 1. The van der Waals surface area contributed by atoms with E-state index < -0.39 is 15.1 Å². The molecule has 0 aromatic heterocycles.